The Morgan fingerprint density at radius 3 is 2.42 bits per heavy atom. The van der Waals surface area contributed by atoms with E-state index in [-0.39, 0.29) is 18.7 Å². The van der Waals surface area contributed by atoms with Crippen LogP contribution in [-0.4, -0.2) is 29.8 Å². The van der Waals surface area contributed by atoms with Crippen LogP contribution in [0.5, 0.6) is 5.75 Å². The largest absolute Gasteiger partial charge is 0.573 e. The summed E-state index contributed by atoms with van der Waals surface area (Å²) in [7, 11) is 0. The second-order valence-corrected chi connectivity index (χ2v) is 6.08. The van der Waals surface area contributed by atoms with Crippen LogP contribution in [0.15, 0.2) is 41.8 Å². The molecule has 1 aromatic heterocycles. The van der Waals surface area contributed by atoms with Crippen molar-refractivity contribution in [2.45, 2.75) is 18.9 Å². The topological polar surface area (TPSA) is 87.7 Å². The van der Waals surface area contributed by atoms with Crippen molar-refractivity contribution < 1.29 is 32.6 Å². The highest BCUT2D eigenvalue weighted by Gasteiger charge is 2.31. The molecule has 2 rings (SSSR count). The number of halogens is 3. The minimum atomic E-state index is -4.81. The van der Waals surface area contributed by atoms with E-state index in [0.29, 0.717) is 0 Å². The number of aliphatic hydroxyl groups excluding tert-OH is 1. The maximum absolute atomic E-state index is 12.1. The van der Waals surface area contributed by atoms with Gasteiger partial charge in [-0.2, -0.15) is 0 Å². The summed E-state index contributed by atoms with van der Waals surface area (Å²) >= 11 is 1.38. The molecule has 1 aromatic carbocycles. The number of hydrogen-bond acceptors (Lipinski definition) is 5. The molecule has 0 aliphatic carbocycles. The average Bonchev–Trinajstić information content (AvgIpc) is 3.09. The van der Waals surface area contributed by atoms with E-state index in [1.54, 1.807) is 12.1 Å². The quantitative estimate of drug-likeness (QED) is 0.664. The van der Waals surface area contributed by atoms with E-state index in [2.05, 4.69) is 15.4 Å². The lowest BCUT2D eigenvalue weighted by Gasteiger charge is -2.11. The van der Waals surface area contributed by atoms with Gasteiger partial charge in [-0.3, -0.25) is 9.59 Å². The molecule has 0 aliphatic rings. The Morgan fingerprint density at radius 2 is 1.85 bits per heavy atom. The van der Waals surface area contributed by atoms with Crippen LogP contribution < -0.4 is 15.4 Å². The molecule has 26 heavy (non-hydrogen) atoms. The maximum atomic E-state index is 12.1. The van der Waals surface area contributed by atoms with E-state index in [9.17, 15) is 27.9 Å². The van der Waals surface area contributed by atoms with Gasteiger partial charge in [-0.25, -0.2) is 0 Å². The number of alkyl halides is 3. The van der Waals surface area contributed by atoms with Crippen LogP contribution in [0.3, 0.4) is 0 Å². The molecule has 2 amide bonds. The van der Waals surface area contributed by atoms with Crippen molar-refractivity contribution in [3.8, 4) is 5.75 Å². The van der Waals surface area contributed by atoms with Gasteiger partial charge >= 0.3 is 18.2 Å². The van der Waals surface area contributed by atoms with E-state index in [1.165, 1.54) is 23.5 Å². The third kappa shape index (κ3) is 6.37. The first-order valence-corrected chi connectivity index (χ1v) is 8.29. The van der Waals surface area contributed by atoms with Crippen LogP contribution >= 0.6 is 11.3 Å². The Hall–Kier alpha value is -2.59. The van der Waals surface area contributed by atoms with Crippen LogP contribution in [-0.2, 0) is 9.59 Å². The number of thiophene rings is 1. The van der Waals surface area contributed by atoms with Crippen molar-refractivity contribution >= 4 is 28.8 Å². The summed E-state index contributed by atoms with van der Waals surface area (Å²) in [4.78, 5) is 24.2. The fraction of sp³-hybridized carbons (Fsp3) is 0.250. The molecule has 0 bridgehead atoms. The molecule has 10 heteroatoms. The first-order valence-electron chi connectivity index (χ1n) is 7.41. The Kier molecular flexibility index (Phi) is 6.58. The van der Waals surface area contributed by atoms with E-state index >= 15 is 0 Å². The Bertz CT molecular complexity index is 733. The summed E-state index contributed by atoms with van der Waals surface area (Å²) < 4.78 is 39.9. The number of rotatable bonds is 6. The van der Waals surface area contributed by atoms with Crippen LogP contribution in [0, 0.1) is 0 Å². The highest BCUT2D eigenvalue weighted by Crippen LogP contribution is 2.24. The van der Waals surface area contributed by atoms with E-state index in [0.717, 1.165) is 17.0 Å². The Balaban J connectivity index is 1.77. The lowest BCUT2D eigenvalue weighted by molar-refractivity contribution is -0.274. The minimum Gasteiger partial charge on any atom is -0.406 e. The van der Waals surface area contributed by atoms with Crippen LogP contribution in [0.25, 0.3) is 0 Å². The summed E-state index contributed by atoms with van der Waals surface area (Å²) in [5.74, 6) is -2.33. The van der Waals surface area contributed by atoms with Crippen molar-refractivity contribution in [2.24, 2.45) is 0 Å². The second kappa shape index (κ2) is 8.68. The number of carbonyl (C=O) groups is 2. The third-order valence-electron chi connectivity index (χ3n) is 3.13. The van der Waals surface area contributed by atoms with E-state index in [4.69, 9.17) is 0 Å². The number of aliphatic hydroxyl groups is 1. The number of anilines is 1. The second-order valence-electron chi connectivity index (χ2n) is 5.10. The standard InChI is InChI=1S/C16H15F3N2O4S/c17-16(18,19)25-11-5-3-10(4-6-11)21-15(24)14(23)20-8-7-12(22)13-2-1-9-26-13/h1-6,9,12,22H,7-8H2,(H,20,23)(H,21,24)/t12-/m1/s1. The molecule has 1 heterocycles. The van der Waals surface area contributed by atoms with Gasteiger partial charge in [0.15, 0.2) is 0 Å². The van der Waals surface area contributed by atoms with Crippen molar-refractivity contribution in [1.82, 2.24) is 5.32 Å². The van der Waals surface area contributed by atoms with Gasteiger partial charge < -0.3 is 20.5 Å². The molecule has 0 unspecified atom stereocenters. The van der Waals surface area contributed by atoms with Crippen molar-refractivity contribution in [1.29, 1.82) is 0 Å². The molecule has 2 aromatic rings. The first kappa shape index (κ1) is 19.7. The van der Waals surface area contributed by atoms with Crippen molar-refractivity contribution in [2.75, 3.05) is 11.9 Å². The summed E-state index contributed by atoms with van der Waals surface area (Å²) in [6, 6.07) is 7.92. The Morgan fingerprint density at radius 1 is 1.15 bits per heavy atom. The molecule has 140 valence electrons. The van der Waals surface area contributed by atoms with Crippen LogP contribution in [0.1, 0.15) is 17.4 Å². The highest BCUT2D eigenvalue weighted by molar-refractivity contribution is 7.10. The average molecular weight is 388 g/mol. The molecule has 0 aliphatic heterocycles. The number of carbonyl (C=O) groups excluding carboxylic acids is 2. The predicted molar refractivity (Wildman–Crippen MR) is 88.7 cm³/mol. The molecule has 0 saturated carbocycles. The fourth-order valence-corrected chi connectivity index (χ4v) is 2.70. The molecular weight excluding hydrogens is 373 g/mol. The predicted octanol–water partition coefficient (Wildman–Crippen LogP) is 2.83. The summed E-state index contributed by atoms with van der Waals surface area (Å²) in [6.07, 6.45) is -5.30. The van der Waals surface area contributed by atoms with Gasteiger partial charge in [-0.1, -0.05) is 6.07 Å². The number of benzene rings is 1. The zero-order valence-electron chi connectivity index (χ0n) is 13.2. The highest BCUT2D eigenvalue weighted by atomic mass is 32.1. The summed E-state index contributed by atoms with van der Waals surface area (Å²) in [5.41, 5.74) is 0.137. The molecule has 6 nitrogen and oxygen atoms in total. The van der Waals surface area contributed by atoms with Gasteiger partial charge in [0.05, 0.1) is 6.10 Å². The molecular formula is C16H15F3N2O4S. The lowest BCUT2D eigenvalue weighted by atomic mass is 10.2. The maximum Gasteiger partial charge on any atom is 0.573 e. The number of nitrogens with one attached hydrogen (secondary N) is 2. The summed E-state index contributed by atoms with van der Waals surface area (Å²) in [6.45, 7) is 0.0870. The fourth-order valence-electron chi connectivity index (χ4n) is 1.95. The lowest BCUT2D eigenvalue weighted by Crippen LogP contribution is -2.36. The summed E-state index contributed by atoms with van der Waals surface area (Å²) in [5, 5.41) is 16.3. The van der Waals surface area contributed by atoms with Gasteiger partial charge in [0.2, 0.25) is 0 Å². The van der Waals surface area contributed by atoms with E-state index in [1.807, 2.05) is 5.38 Å². The van der Waals surface area contributed by atoms with Crippen molar-refractivity contribution in [3.05, 3.63) is 46.7 Å². The molecule has 0 radical (unpaired) electrons. The minimum absolute atomic E-state index is 0.0870. The monoisotopic (exact) mass is 388 g/mol. The molecule has 0 spiro atoms. The van der Waals surface area contributed by atoms with Gasteiger partial charge in [-0.05, 0) is 42.1 Å². The van der Waals surface area contributed by atoms with Gasteiger partial charge in [0, 0.05) is 17.1 Å². The van der Waals surface area contributed by atoms with Crippen LogP contribution in [0.4, 0.5) is 18.9 Å². The molecule has 3 N–H and O–H groups in total. The molecule has 1 atom stereocenters. The number of amides is 2. The van der Waals surface area contributed by atoms with Gasteiger partial charge in [0.25, 0.3) is 0 Å². The normalized spacial score (nSPS) is 12.3. The van der Waals surface area contributed by atoms with Gasteiger partial charge in [0.1, 0.15) is 5.75 Å². The zero-order valence-corrected chi connectivity index (χ0v) is 14.1. The third-order valence-corrected chi connectivity index (χ3v) is 4.10. The van der Waals surface area contributed by atoms with E-state index < -0.39 is 30.0 Å². The first-order chi connectivity index (χ1) is 12.2. The smallest absolute Gasteiger partial charge is 0.406 e. The zero-order chi connectivity index (χ0) is 19.2. The number of hydrogen-bond donors (Lipinski definition) is 3. The van der Waals surface area contributed by atoms with Crippen molar-refractivity contribution in [3.63, 3.8) is 0 Å². The molecule has 0 fully saturated rings. The molecule has 0 saturated heterocycles. The van der Waals surface area contributed by atoms with Crippen LogP contribution in [0.2, 0.25) is 0 Å². The van der Waals surface area contributed by atoms with Gasteiger partial charge in [-0.15, -0.1) is 24.5 Å². The Labute approximate surface area is 150 Å². The number of ether oxygens (including phenoxy) is 1. The SMILES string of the molecule is O=C(NCC[C@@H](O)c1cccs1)C(=O)Nc1ccc(OC(F)(F)F)cc1.